The fourth-order valence-electron chi connectivity index (χ4n) is 3.04. The number of benzene rings is 1. The average molecular weight is 371 g/mol. The predicted octanol–water partition coefficient (Wildman–Crippen LogP) is 4.86. The monoisotopic (exact) mass is 370 g/mol. The Morgan fingerprint density at radius 2 is 1.92 bits per heavy atom. The summed E-state index contributed by atoms with van der Waals surface area (Å²) in [6, 6.07) is 11.1. The second-order valence-corrected chi connectivity index (χ2v) is 9.16. The number of hydrogen-bond acceptors (Lipinski definition) is 3. The summed E-state index contributed by atoms with van der Waals surface area (Å²) in [5.41, 5.74) is 1.12. The van der Waals surface area contributed by atoms with Crippen molar-refractivity contribution in [2.75, 3.05) is 5.32 Å². The minimum absolute atomic E-state index is 0.0428. The molecule has 0 saturated heterocycles. The van der Waals surface area contributed by atoms with Crippen molar-refractivity contribution in [1.82, 2.24) is 5.32 Å². The third-order valence-electron chi connectivity index (χ3n) is 4.81. The molecule has 3 rings (SSSR count). The molecule has 2 amide bonds. The van der Waals surface area contributed by atoms with Crippen LogP contribution in [0.5, 0.6) is 0 Å². The zero-order chi connectivity index (χ0) is 18.9. The Morgan fingerprint density at radius 1 is 1.19 bits per heavy atom. The van der Waals surface area contributed by atoms with Crippen molar-refractivity contribution in [3.05, 3.63) is 52.2 Å². The van der Waals surface area contributed by atoms with E-state index >= 15 is 0 Å². The SMILES string of the molecule is CC1CC1C(=O)Nc1cccc(C(=O)NC(c2cccs2)C(C)(C)C)c1. The van der Waals surface area contributed by atoms with Crippen LogP contribution in [0.2, 0.25) is 0 Å². The van der Waals surface area contributed by atoms with E-state index in [1.807, 2.05) is 23.6 Å². The minimum Gasteiger partial charge on any atom is -0.344 e. The zero-order valence-electron chi connectivity index (χ0n) is 15.7. The normalized spacial score (nSPS) is 20.3. The first-order chi connectivity index (χ1) is 12.3. The van der Waals surface area contributed by atoms with E-state index in [2.05, 4.69) is 38.3 Å². The van der Waals surface area contributed by atoms with Gasteiger partial charge in [-0.2, -0.15) is 0 Å². The van der Waals surface area contributed by atoms with Crippen molar-refractivity contribution >= 4 is 28.8 Å². The van der Waals surface area contributed by atoms with E-state index in [0.717, 1.165) is 11.3 Å². The van der Waals surface area contributed by atoms with Gasteiger partial charge in [0.2, 0.25) is 5.91 Å². The molecule has 0 aliphatic heterocycles. The topological polar surface area (TPSA) is 58.2 Å². The maximum absolute atomic E-state index is 12.8. The molecular formula is C21H26N2O2S. The van der Waals surface area contributed by atoms with Crippen LogP contribution in [0, 0.1) is 17.3 Å². The molecule has 1 aromatic heterocycles. The van der Waals surface area contributed by atoms with E-state index < -0.39 is 0 Å². The molecule has 0 spiro atoms. The molecule has 1 saturated carbocycles. The molecule has 1 fully saturated rings. The van der Waals surface area contributed by atoms with E-state index in [0.29, 0.717) is 17.2 Å². The minimum atomic E-state index is -0.130. The van der Waals surface area contributed by atoms with Gasteiger partial charge in [0.25, 0.3) is 5.91 Å². The quantitative estimate of drug-likeness (QED) is 0.790. The largest absolute Gasteiger partial charge is 0.344 e. The first-order valence-corrected chi connectivity index (χ1v) is 9.89. The molecule has 0 radical (unpaired) electrons. The van der Waals surface area contributed by atoms with Crippen molar-refractivity contribution in [2.24, 2.45) is 17.3 Å². The highest BCUT2D eigenvalue weighted by molar-refractivity contribution is 7.10. The number of carbonyl (C=O) groups is 2. The van der Waals surface area contributed by atoms with Gasteiger partial charge in [0.05, 0.1) is 6.04 Å². The Hall–Kier alpha value is -2.14. The first kappa shape index (κ1) is 18.6. The van der Waals surface area contributed by atoms with Gasteiger partial charge in [-0.3, -0.25) is 9.59 Å². The van der Waals surface area contributed by atoms with E-state index in [1.54, 1.807) is 29.5 Å². The van der Waals surface area contributed by atoms with Crippen LogP contribution in [0.4, 0.5) is 5.69 Å². The molecule has 1 aliphatic carbocycles. The fraction of sp³-hybridized carbons (Fsp3) is 0.429. The van der Waals surface area contributed by atoms with E-state index in [1.165, 1.54) is 0 Å². The number of thiophene rings is 1. The van der Waals surface area contributed by atoms with Crippen molar-refractivity contribution in [3.63, 3.8) is 0 Å². The van der Waals surface area contributed by atoms with Crippen LogP contribution >= 0.6 is 11.3 Å². The predicted molar refractivity (Wildman–Crippen MR) is 106 cm³/mol. The van der Waals surface area contributed by atoms with E-state index in [9.17, 15) is 9.59 Å². The van der Waals surface area contributed by atoms with Crippen LogP contribution in [0.3, 0.4) is 0 Å². The zero-order valence-corrected chi connectivity index (χ0v) is 16.5. The van der Waals surface area contributed by atoms with Crippen molar-refractivity contribution < 1.29 is 9.59 Å². The van der Waals surface area contributed by atoms with Gasteiger partial charge in [-0.15, -0.1) is 11.3 Å². The Labute approximate surface area is 159 Å². The molecule has 3 unspecified atom stereocenters. The molecule has 138 valence electrons. The van der Waals surface area contributed by atoms with Crippen LogP contribution in [-0.2, 0) is 4.79 Å². The van der Waals surface area contributed by atoms with Gasteiger partial charge in [-0.05, 0) is 47.4 Å². The third kappa shape index (κ3) is 4.33. The number of hydrogen-bond donors (Lipinski definition) is 2. The summed E-state index contributed by atoms with van der Waals surface area (Å²) < 4.78 is 0. The van der Waals surface area contributed by atoms with Crippen LogP contribution in [-0.4, -0.2) is 11.8 Å². The summed E-state index contributed by atoms with van der Waals surface area (Å²) >= 11 is 1.65. The molecule has 0 bridgehead atoms. The highest BCUT2D eigenvalue weighted by Gasteiger charge is 2.39. The van der Waals surface area contributed by atoms with Gasteiger partial charge < -0.3 is 10.6 Å². The highest BCUT2D eigenvalue weighted by Crippen LogP contribution is 2.38. The van der Waals surface area contributed by atoms with Gasteiger partial charge in [-0.1, -0.05) is 39.8 Å². The smallest absolute Gasteiger partial charge is 0.251 e. The summed E-state index contributed by atoms with van der Waals surface area (Å²) in [4.78, 5) is 26.1. The number of amides is 2. The molecule has 2 N–H and O–H groups in total. The summed E-state index contributed by atoms with van der Waals surface area (Å²) in [5, 5.41) is 8.10. The molecule has 2 aromatic rings. The summed E-state index contributed by atoms with van der Waals surface area (Å²) in [5.74, 6) is 0.479. The van der Waals surface area contributed by atoms with Gasteiger partial charge in [0.15, 0.2) is 0 Å². The number of carbonyl (C=O) groups excluding carboxylic acids is 2. The second kappa shape index (κ2) is 7.23. The molecule has 4 nitrogen and oxygen atoms in total. The summed E-state index contributed by atoms with van der Waals surface area (Å²) in [6.07, 6.45) is 0.945. The fourth-order valence-corrected chi connectivity index (χ4v) is 4.06. The Kier molecular flexibility index (Phi) is 5.19. The standard InChI is InChI=1S/C21H26N2O2S/c1-13-11-16(13)20(25)22-15-8-5-7-14(12-15)19(24)23-18(21(2,3)4)17-9-6-10-26-17/h5-10,12-13,16,18H,11H2,1-4H3,(H,22,25)(H,23,24). The van der Waals surface area contributed by atoms with Gasteiger partial charge in [0, 0.05) is 22.0 Å². The van der Waals surface area contributed by atoms with Gasteiger partial charge >= 0.3 is 0 Å². The maximum atomic E-state index is 12.8. The molecule has 5 heteroatoms. The van der Waals surface area contributed by atoms with Crippen LogP contribution in [0.15, 0.2) is 41.8 Å². The summed E-state index contributed by atoms with van der Waals surface area (Å²) in [6.45, 7) is 8.42. The Morgan fingerprint density at radius 3 is 2.50 bits per heavy atom. The number of anilines is 1. The molecule has 1 aliphatic rings. The average Bonchev–Trinajstić information content (AvgIpc) is 3.08. The number of nitrogens with one attached hydrogen (secondary N) is 2. The Balaban J connectivity index is 1.72. The molecular weight excluding hydrogens is 344 g/mol. The third-order valence-corrected chi connectivity index (χ3v) is 5.74. The van der Waals surface area contributed by atoms with Crippen LogP contribution in [0.25, 0.3) is 0 Å². The van der Waals surface area contributed by atoms with E-state index in [4.69, 9.17) is 0 Å². The van der Waals surface area contributed by atoms with E-state index in [-0.39, 0.29) is 29.2 Å². The summed E-state index contributed by atoms with van der Waals surface area (Å²) in [7, 11) is 0. The van der Waals surface area contributed by atoms with Crippen LogP contribution in [0.1, 0.15) is 55.4 Å². The lowest BCUT2D eigenvalue weighted by molar-refractivity contribution is -0.117. The Bertz CT molecular complexity index is 793. The molecule has 3 atom stereocenters. The lowest BCUT2D eigenvalue weighted by atomic mass is 9.85. The maximum Gasteiger partial charge on any atom is 0.251 e. The van der Waals surface area contributed by atoms with Gasteiger partial charge in [0.1, 0.15) is 0 Å². The second-order valence-electron chi connectivity index (χ2n) is 8.18. The van der Waals surface area contributed by atoms with Crippen LogP contribution < -0.4 is 10.6 Å². The van der Waals surface area contributed by atoms with Crippen molar-refractivity contribution in [3.8, 4) is 0 Å². The van der Waals surface area contributed by atoms with Crippen molar-refractivity contribution in [2.45, 2.75) is 40.2 Å². The highest BCUT2D eigenvalue weighted by atomic mass is 32.1. The number of rotatable bonds is 5. The lowest BCUT2D eigenvalue weighted by Gasteiger charge is -2.30. The molecule has 1 aromatic carbocycles. The lowest BCUT2D eigenvalue weighted by Crippen LogP contribution is -2.36. The van der Waals surface area contributed by atoms with Crippen molar-refractivity contribution in [1.29, 1.82) is 0 Å². The molecule has 1 heterocycles. The first-order valence-electron chi connectivity index (χ1n) is 9.01. The molecule has 26 heavy (non-hydrogen) atoms. The van der Waals surface area contributed by atoms with Gasteiger partial charge in [-0.25, -0.2) is 0 Å².